The molecule has 0 saturated carbocycles. The van der Waals surface area contributed by atoms with Crippen molar-refractivity contribution in [1.29, 1.82) is 0 Å². The SMILES string of the molecule is O=C(Cc1nc2cccc(-c3ccoc3)n2n1)c1ccc[n+]([O-])c1. The number of fused-ring (bicyclic) bond motifs is 1. The molecule has 4 aromatic heterocycles. The molecule has 0 spiro atoms. The van der Waals surface area contributed by atoms with Crippen molar-refractivity contribution in [2.75, 3.05) is 0 Å². The standard InChI is InChI=1S/C17H12N4O3/c22-15(12-3-2-7-20(23)10-12)9-16-18-17-5-1-4-14(21(17)19-16)13-6-8-24-11-13/h1-8,10-11H,9H2. The maximum Gasteiger partial charge on any atom is 0.191 e. The fourth-order valence-corrected chi connectivity index (χ4v) is 2.52. The normalized spacial score (nSPS) is 11.0. The van der Waals surface area contributed by atoms with E-state index >= 15 is 0 Å². The molecule has 24 heavy (non-hydrogen) atoms. The average molecular weight is 320 g/mol. The third-order valence-electron chi connectivity index (χ3n) is 3.64. The monoisotopic (exact) mass is 320 g/mol. The summed E-state index contributed by atoms with van der Waals surface area (Å²) in [5.74, 6) is 0.193. The number of hydrogen-bond donors (Lipinski definition) is 0. The number of aromatic nitrogens is 4. The van der Waals surface area contributed by atoms with Crippen LogP contribution in [-0.4, -0.2) is 20.4 Å². The van der Waals surface area contributed by atoms with E-state index in [1.165, 1.54) is 18.5 Å². The van der Waals surface area contributed by atoms with Gasteiger partial charge in [0, 0.05) is 11.6 Å². The van der Waals surface area contributed by atoms with E-state index in [-0.39, 0.29) is 12.2 Å². The van der Waals surface area contributed by atoms with Crippen molar-refractivity contribution in [3.8, 4) is 11.3 Å². The molecule has 0 atom stereocenters. The fraction of sp³-hybridized carbons (Fsp3) is 0.0588. The summed E-state index contributed by atoms with van der Waals surface area (Å²) in [5, 5.41) is 15.7. The predicted octanol–water partition coefficient (Wildman–Crippen LogP) is 2.05. The number of carbonyl (C=O) groups is 1. The average Bonchev–Trinajstić information content (AvgIpc) is 3.23. The van der Waals surface area contributed by atoms with Crippen molar-refractivity contribution in [1.82, 2.24) is 14.6 Å². The zero-order chi connectivity index (χ0) is 16.5. The number of nitrogens with zero attached hydrogens (tertiary/aromatic N) is 4. The van der Waals surface area contributed by atoms with Gasteiger partial charge in [-0.15, -0.1) is 0 Å². The molecular weight excluding hydrogens is 308 g/mol. The van der Waals surface area contributed by atoms with E-state index in [1.807, 2.05) is 24.3 Å². The summed E-state index contributed by atoms with van der Waals surface area (Å²) >= 11 is 0. The fourth-order valence-electron chi connectivity index (χ4n) is 2.52. The third kappa shape index (κ3) is 2.52. The molecule has 0 saturated heterocycles. The molecular formula is C17H12N4O3. The van der Waals surface area contributed by atoms with Gasteiger partial charge in [-0.05, 0) is 24.3 Å². The first-order chi connectivity index (χ1) is 11.7. The van der Waals surface area contributed by atoms with Gasteiger partial charge in [0.05, 0.1) is 30.2 Å². The van der Waals surface area contributed by atoms with Gasteiger partial charge < -0.3 is 9.62 Å². The molecule has 7 heteroatoms. The molecule has 7 nitrogen and oxygen atoms in total. The summed E-state index contributed by atoms with van der Waals surface area (Å²) in [5.41, 5.74) is 2.67. The lowest BCUT2D eigenvalue weighted by Gasteiger charge is -2.00. The van der Waals surface area contributed by atoms with Crippen LogP contribution in [0.15, 0.2) is 65.7 Å². The van der Waals surface area contributed by atoms with Crippen LogP contribution in [-0.2, 0) is 6.42 Å². The van der Waals surface area contributed by atoms with E-state index in [0.29, 0.717) is 21.8 Å². The Hall–Kier alpha value is -3.48. The first-order valence-electron chi connectivity index (χ1n) is 7.30. The van der Waals surface area contributed by atoms with Crippen LogP contribution in [0, 0.1) is 5.21 Å². The van der Waals surface area contributed by atoms with Gasteiger partial charge in [0.25, 0.3) is 0 Å². The Morgan fingerprint density at radius 3 is 2.96 bits per heavy atom. The highest BCUT2D eigenvalue weighted by atomic mass is 16.5. The Labute approximate surface area is 136 Å². The Kier molecular flexibility index (Phi) is 3.31. The van der Waals surface area contributed by atoms with Crippen molar-refractivity contribution in [2.45, 2.75) is 6.42 Å². The molecule has 0 aromatic carbocycles. The van der Waals surface area contributed by atoms with E-state index in [9.17, 15) is 10.0 Å². The number of furan rings is 1. The van der Waals surface area contributed by atoms with Gasteiger partial charge >= 0.3 is 0 Å². The van der Waals surface area contributed by atoms with Crippen molar-refractivity contribution < 1.29 is 13.9 Å². The second kappa shape index (κ2) is 5.62. The predicted molar refractivity (Wildman–Crippen MR) is 84.1 cm³/mol. The van der Waals surface area contributed by atoms with Crippen molar-refractivity contribution in [3.05, 3.63) is 77.9 Å². The molecule has 0 aliphatic carbocycles. The number of Topliss-reactive ketones (excluding diaryl/α,β-unsaturated/α-hetero) is 1. The zero-order valence-corrected chi connectivity index (χ0v) is 12.5. The van der Waals surface area contributed by atoms with Crippen LogP contribution in [0.2, 0.25) is 0 Å². The molecule has 0 aliphatic rings. The molecule has 0 fully saturated rings. The van der Waals surface area contributed by atoms with Gasteiger partial charge in [0.2, 0.25) is 0 Å². The summed E-state index contributed by atoms with van der Waals surface area (Å²) in [4.78, 5) is 16.7. The van der Waals surface area contributed by atoms with Gasteiger partial charge in [0.15, 0.2) is 29.6 Å². The molecule has 118 valence electrons. The lowest BCUT2D eigenvalue weighted by Crippen LogP contribution is -2.26. The summed E-state index contributed by atoms with van der Waals surface area (Å²) in [7, 11) is 0. The molecule has 0 amide bonds. The number of pyridine rings is 2. The molecule has 4 aromatic rings. The van der Waals surface area contributed by atoms with E-state index < -0.39 is 0 Å². The molecule has 0 unspecified atom stereocenters. The largest absolute Gasteiger partial charge is 0.619 e. The maximum absolute atomic E-state index is 12.3. The first-order valence-corrected chi connectivity index (χ1v) is 7.30. The van der Waals surface area contributed by atoms with Crippen molar-refractivity contribution >= 4 is 11.4 Å². The molecule has 4 rings (SSSR count). The topological polar surface area (TPSA) is 87.3 Å². The van der Waals surface area contributed by atoms with Gasteiger partial charge in [-0.1, -0.05) is 6.07 Å². The van der Waals surface area contributed by atoms with Crippen LogP contribution in [0.4, 0.5) is 0 Å². The highest BCUT2D eigenvalue weighted by molar-refractivity contribution is 5.96. The van der Waals surface area contributed by atoms with Gasteiger partial charge in [0.1, 0.15) is 0 Å². The maximum atomic E-state index is 12.3. The highest BCUT2D eigenvalue weighted by Gasteiger charge is 2.15. The van der Waals surface area contributed by atoms with E-state index in [0.717, 1.165) is 11.3 Å². The second-order valence-corrected chi connectivity index (χ2v) is 5.27. The second-order valence-electron chi connectivity index (χ2n) is 5.27. The zero-order valence-electron chi connectivity index (χ0n) is 12.5. The lowest BCUT2D eigenvalue weighted by atomic mass is 10.1. The number of rotatable bonds is 4. The quantitative estimate of drug-likeness (QED) is 0.326. The molecule has 0 bridgehead atoms. The Morgan fingerprint density at radius 2 is 2.17 bits per heavy atom. The smallest absolute Gasteiger partial charge is 0.191 e. The van der Waals surface area contributed by atoms with Crippen molar-refractivity contribution in [2.24, 2.45) is 0 Å². The highest BCUT2D eigenvalue weighted by Crippen LogP contribution is 2.20. The summed E-state index contributed by atoms with van der Waals surface area (Å²) in [6.45, 7) is 0. The minimum Gasteiger partial charge on any atom is -0.619 e. The van der Waals surface area contributed by atoms with Gasteiger partial charge in [-0.2, -0.15) is 9.83 Å². The minimum atomic E-state index is -0.207. The van der Waals surface area contributed by atoms with Crippen molar-refractivity contribution in [3.63, 3.8) is 0 Å². The Balaban J connectivity index is 1.68. The number of hydrogen-bond acceptors (Lipinski definition) is 5. The molecule has 0 N–H and O–H groups in total. The van der Waals surface area contributed by atoms with E-state index in [4.69, 9.17) is 4.42 Å². The van der Waals surface area contributed by atoms with Crippen LogP contribution in [0.5, 0.6) is 0 Å². The van der Waals surface area contributed by atoms with E-state index in [1.54, 1.807) is 23.1 Å². The van der Waals surface area contributed by atoms with Crippen LogP contribution < -0.4 is 4.73 Å². The lowest BCUT2D eigenvalue weighted by molar-refractivity contribution is -0.605. The summed E-state index contributed by atoms with van der Waals surface area (Å²) in [6.07, 6.45) is 5.81. The number of ketones is 1. The Morgan fingerprint density at radius 1 is 1.25 bits per heavy atom. The molecule has 0 aliphatic heterocycles. The number of carbonyl (C=O) groups excluding carboxylic acids is 1. The first kappa shape index (κ1) is 14.1. The van der Waals surface area contributed by atoms with Gasteiger partial charge in [-0.25, -0.2) is 9.50 Å². The Bertz CT molecular complexity index is 1020. The molecule has 0 radical (unpaired) electrons. The minimum absolute atomic E-state index is 0.0243. The van der Waals surface area contributed by atoms with Crippen LogP contribution >= 0.6 is 0 Å². The molecule has 4 heterocycles. The van der Waals surface area contributed by atoms with Crippen LogP contribution in [0.1, 0.15) is 16.2 Å². The summed E-state index contributed by atoms with van der Waals surface area (Å²) < 4.78 is 7.38. The summed E-state index contributed by atoms with van der Waals surface area (Å²) in [6, 6.07) is 10.6. The van der Waals surface area contributed by atoms with Crippen LogP contribution in [0.3, 0.4) is 0 Å². The van der Waals surface area contributed by atoms with E-state index in [2.05, 4.69) is 10.1 Å². The van der Waals surface area contributed by atoms with Gasteiger partial charge in [-0.3, -0.25) is 4.79 Å². The van der Waals surface area contributed by atoms with Crippen LogP contribution in [0.25, 0.3) is 16.9 Å². The third-order valence-corrected chi connectivity index (χ3v) is 3.64.